The van der Waals surface area contributed by atoms with Gasteiger partial charge in [-0.2, -0.15) is 0 Å². The number of fused-ring (bicyclic) bond motifs is 2. The molecular formula is C14H15BrN2. The van der Waals surface area contributed by atoms with Crippen molar-refractivity contribution in [2.24, 2.45) is 0 Å². The number of aryl methyl sites for hydroxylation is 1. The lowest BCUT2D eigenvalue weighted by Gasteiger charge is -2.12. The second-order valence-electron chi connectivity index (χ2n) is 4.56. The molecule has 1 N–H and O–H groups in total. The largest absolute Gasteiger partial charge is 0.316 e. The van der Waals surface area contributed by atoms with Gasteiger partial charge >= 0.3 is 0 Å². The van der Waals surface area contributed by atoms with Crippen molar-refractivity contribution in [2.75, 3.05) is 7.05 Å². The van der Waals surface area contributed by atoms with Gasteiger partial charge in [0, 0.05) is 22.1 Å². The summed E-state index contributed by atoms with van der Waals surface area (Å²) in [6, 6.07) is 6.37. The molecule has 1 heterocycles. The summed E-state index contributed by atoms with van der Waals surface area (Å²) in [5, 5.41) is 4.57. The normalized spacial score (nSPS) is 14.2. The summed E-state index contributed by atoms with van der Waals surface area (Å²) in [6.45, 7) is 0.928. The van der Waals surface area contributed by atoms with Crippen LogP contribution in [0.1, 0.15) is 23.2 Å². The molecule has 0 radical (unpaired) electrons. The zero-order valence-corrected chi connectivity index (χ0v) is 11.5. The molecule has 0 saturated carbocycles. The second-order valence-corrected chi connectivity index (χ2v) is 5.48. The van der Waals surface area contributed by atoms with Crippen LogP contribution in [0.4, 0.5) is 0 Å². The first kappa shape index (κ1) is 11.2. The van der Waals surface area contributed by atoms with Gasteiger partial charge in [0.15, 0.2) is 0 Å². The highest BCUT2D eigenvalue weighted by Crippen LogP contribution is 2.31. The predicted octanol–water partition coefficient (Wildman–Crippen LogP) is 3.21. The summed E-state index contributed by atoms with van der Waals surface area (Å²) in [7, 11) is 2.01. The Bertz CT molecular complexity index is 578. The van der Waals surface area contributed by atoms with E-state index in [-0.39, 0.29) is 0 Å². The zero-order chi connectivity index (χ0) is 11.8. The summed E-state index contributed by atoms with van der Waals surface area (Å²) in [5.41, 5.74) is 5.35. The Balaban J connectivity index is 2.32. The van der Waals surface area contributed by atoms with Gasteiger partial charge in [-0.1, -0.05) is 15.9 Å². The van der Waals surface area contributed by atoms with Crippen molar-refractivity contribution in [1.29, 1.82) is 0 Å². The zero-order valence-electron chi connectivity index (χ0n) is 9.89. The smallest absolute Gasteiger partial charge is 0.0709 e. The Morgan fingerprint density at radius 1 is 1.35 bits per heavy atom. The van der Waals surface area contributed by atoms with Crippen molar-refractivity contribution in [3.63, 3.8) is 0 Å². The van der Waals surface area contributed by atoms with Gasteiger partial charge in [-0.3, -0.25) is 4.98 Å². The summed E-state index contributed by atoms with van der Waals surface area (Å²) in [5.74, 6) is 0. The minimum absolute atomic E-state index is 0.928. The van der Waals surface area contributed by atoms with E-state index in [1.54, 1.807) is 0 Å². The first-order valence-corrected chi connectivity index (χ1v) is 6.83. The van der Waals surface area contributed by atoms with E-state index in [0.717, 1.165) is 23.0 Å². The van der Waals surface area contributed by atoms with Gasteiger partial charge in [-0.05, 0) is 55.6 Å². The molecular weight excluding hydrogens is 276 g/mol. The van der Waals surface area contributed by atoms with Gasteiger partial charge in [0.2, 0.25) is 0 Å². The number of nitrogens with one attached hydrogen (secondary N) is 1. The van der Waals surface area contributed by atoms with Gasteiger partial charge in [0.05, 0.1) is 5.52 Å². The second kappa shape index (κ2) is 4.39. The summed E-state index contributed by atoms with van der Waals surface area (Å²) in [4.78, 5) is 4.79. The molecule has 0 bridgehead atoms. The van der Waals surface area contributed by atoms with Crippen LogP contribution in [-0.4, -0.2) is 12.0 Å². The Kier molecular flexibility index (Phi) is 2.89. The molecule has 1 aromatic heterocycles. The maximum absolute atomic E-state index is 4.79. The minimum atomic E-state index is 0.928. The third-order valence-corrected chi connectivity index (χ3v) is 3.94. The summed E-state index contributed by atoms with van der Waals surface area (Å²) < 4.78 is 1.13. The van der Waals surface area contributed by atoms with Crippen LogP contribution < -0.4 is 5.32 Å². The van der Waals surface area contributed by atoms with Crippen molar-refractivity contribution in [1.82, 2.24) is 10.3 Å². The molecule has 1 aliphatic rings. The van der Waals surface area contributed by atoms with Crippen LogP contribution in [0, 0.1) is 0 Å². The average Bonchev–Trinajstić information content (AvgIpc) is 2.77. The van der Waals surface area contributed by atoms with Gasteiger partial charge in [0.1, 0.15) is 0 Å². The lowest BCUT2D eigenvalue weighted by atomic mass is 10.0. The molecule has 0 fully saturated rings. The Morgan fingerprint density at radius 2 is 2.24 bits per heavy atom. The SMILES string of the molecule is CNCc1c2c(nc3ccc(Br)cc13)CCC2. The quantitative estimate of drug-likeness (QED) is 0.919. The number of benzene rings is 1. The van der Waals surface area contributed by atoms with Gasteiger partial charge in [-0.15, -0.1) is 0 Å². The number of aromatic nitrogens is 1. The van der Waals surface area contributed by atoms with Crippen LogP contribution in [0.25, 0.3) is 10.9 Å². The van der Waals surface area contributed by atoms with Crippen LogP contribution in [0.2, 0.25) is 0 Å². The predicted molar refractivity (Wildman–Crippen MR) is 74.2 cm³/mol. The van der Waals surface area contributed by atoms with Crippen molar-refractivity contribution >= 4 is 26.8 Å². The van der Waals surface area contributed by atoms with E-state index in [9.17, 15) is 0 Å². The van der Waals surface area contributed by atoms with E-state index in [2.05, 4.69) is 39.4 Å². The van der Waals surface area contributed by atoms with Crippen LogP contribution in [-0.2, 0) is 19.4 Å². The molecule has 88 valence electrons. The van der Waals surface area contributed by atoms with E-state index in [1.165, 1.54) is 35.0 Å². The molecule has 0 aliphatic heterocycles. The lowest BCUT2D eigenvalue weighted by molar-refractivity contribution is 0.809. The maximum Gasteiger partial charge on any atom is 0.0709 e. The number of pyridine rings is 1. The Labute approximate surface area is 110 Å². The Morgan fingerprint density at radius 3 is 3.06 bits per heavy atom. The highest BCUT2D eigenvalue weighted by Gasteiger charge is 2.18. The number of nitrogens with zero attached hydrogens (tertiary/aromatic N) is 1. The van der Waals surface area contributed by atoms with Gasteiger partial charge in [0.25, 0.3) is 0 Å². The molecule has 3 heteroatoms. The van der Waals surface area contributed by atoms with E-state index >= 15 is 0 Å². The van der Waals surface area contributed by atoms with Crippen molar-refractivity contribution < 1.29 is 0 Å². The Hall–Kier alpha value is -0.930. The first-order valence-electron chi connectivity index (χ1n) is 6.04. The molecule has 0 unspecified atom stereocenters. The number of hydrogen-bond acceptors (Lipinski definition) is 2. The minimum Gasteiger partial charge on any atom is -0.316 e. The lowest BCUT2D eigenvalue weighted by Crippen LogP contribution is -2.09. The van der Waals surface area contributed by atoms with Crippen molar-refractivity contribution in [2.45, 2.75) is 25.8 Å². The summed E-state index contributed by atoms with van der Waals surface area (Å²) in [6.07, 6.45) is 3.57. The van der Waals surface area contributed by atoms with Crippen LogP contribution in [0.5, 0.6) is 0 Å². The van der Waals surface area contributed by atoms with E-state index in [4.69, 9.17) is 4.98 Å². The van der Waals surface area contributed by atoms with E-state index < -0.39 is 0 Å². The molecule has 0 spiro atoms. The number of hydrogen-bond donors (Lipinski definition) is 1. The first-order chi connectivity index (χ1) is 8.29. The molecule has 1 aromatic carbocycles. The fourth-order valence-corrected chi connectivity index (χ4v) is 3.07. The number of rotatable bonds is 2. The fourth-order valence-electron chi connectivity index (χ4n) is 2.71. The number of halogens is 1. The third-order valence-electron chi connectivity index (χ3n) is 3.45. The topological polar surface area (TPSA) is 24.9 Å². The van der Waals surface area contributed by atoms with Crippen LogP contribution in [0.3, 0.4) is 0 Å². The highest BCUT2D eigenvalue weighted by molar-refractivity contribution is 9.10. The molecule has 3 rings (SSSR count). The molecule has 2 aromatic rings. The molecule has 0 amide bonds. The van der Waals surface area contributed by atoms with Crippen molar-refractivity contribution in [3.8, 4) is 0 Å². The molecule has 2 nitrogen and oxygen atoms in total. The van der Waals surface area contributed by atoms with Crippen LogP contribution >= 0.6 is 15.9 Å². The molecule has 17 heavy (non-hydrogen) atoms. The molecule has 1 aliphatic carbocycles. The van der Waals surface area contributed by atoms with E-state index in [0.29, 0.717) is 0 Å². The standard InChI is InChI=1S/C14H15BrN2/c1-16-8-12-10-3-2-4-13(10)17-14-6-5-9(15)7-11(12)14/h5-7,16H,2-4,8H2,1H3. The van der Waals surface area contributed by atoms with Gasteiger partial charge in [-0.25, -0.2) is 0 Å². The third kappa shape index (κ3) is 1.87. The van der Waals surface area contributed by atoms with Crippen LogP contribution in [0.15, 0.2) is 22.7 Å². The van der Waals surface area contributed by atoms with Crippen molar-refractivity contribution in [3.05, 3.63) is 39.5 Å². The fraction of sp³-hybridized carbons (Fsp3) is 0.357. The highest BCUT2D eigenvalue weighted by atomic mass is 79.9. The van der Waals surface area contributed by atoms with E-state index in [1.807, 2.05) is 7.05 Å². The average molecular weight is 291 g/mol. The maximum atomic E-state index is 4.79. The monoisotopic (exact) mass is 290 g/mol. The molecule has 0 saturated heterocycles. The summed E-state index contributed by atoms with van der Waals surface area (Å²) >= 11 is 3.55. The molecule has 0 atom stereocenters. The van der Waals surface area contributed by atoms with Gasteiger partial charge < -0.3 is 5.32 Å².